The Morgan fingerprint density at radius 3 is 2.61 bits per heavy atom. The highest BCUT2D eigenvalue weighted by atomic mass is 35.5. The third kappa shape index (κ3) is 2.47. The molecule has 1 saturated heterocycles. The van der Waals surface area contributed by atoms with E-state index in [1.165, 1.54) is 23.2 Å². The zero-order valence-electron chi connectivity index (χ0n) is 9.71. The number of hydrogen-bond acceptors (Lipinski definition) is 4. The molecule has 1 amide bonds. The molecule has 1 fully saturated rings. The normalized spacial score (nSPS) is 18.1. The lowest BCUT2D eigenvalue weighted by Crippen LogP contribution is -2.50. The van der Waals surface area contributed by atoms with Gasteiger partial charge in [-0.3, -0.25) is 4.79 Å². The number of carbonyl (C=O) groups is 1. The molecule has 0 saturated carbocycles. The summed E-state index contributed by atoms with van der Waals surface area (Å²) >= 11 is 5.61. The van der Waals surface area contributed by atoms with Gasteiger partial charge in [0.05, 0.1) is 6.54 Å². The van der Waals surface area contributed by atoms with Crippen LogP contribution in [0.15, 0.2) is 23.2 Å². The number of nitrogens with zero attached hydrogens (tertiary/aromatic N) is 3. The highest BCUT2D eigenvalue weighted by Crippen LogP contribution is 2.18. The molecule has 0 bridgehead atoms. The largest absolute Gasteiger partial charge is 0.343 e. The van der Waals surface area contributed by atoms with Crippen molar-refractivity contribution in [1.82, 2.24) is 14.2 Å². The number of halogens is 1. The van der Waals surface area contributed by atoms with E-state index < -0.39 is 10.0 Å². The first kappa shape index (κ1) is 13.3. The fourth-order valence-electron chi connectivity index (χ4n) is 1.61. The first-order valence-electron chi connectivity index (χ1n) is 5.27. The van der Waals surface area contributed by atoms with Crippen molar-refractivity contribution in [3.8, 4) is 0 Å². The van der Waals surface area contributed by atoms with E-state index in [4.69, 9.17) is 11.6 Å². The highest BCUT2D eigenvalue weighted by molar-refractivity contribution is 7.89. The van der Waals surface area contributed by atoms with Gasteiger partial charge in [-0.25, -0.2) is 13.4 Å². The maximum atomic E-state index is 12.2. The third-order valence-corrected chi connectivity index (χ3v) is 4.81. The van der Waals surface area contributed by atoms with Crippen LogP contribution in [-0.2, 0) is 14.8 Å². The van der Waals surface area contributed by atoms with Gasteiger partial charge in [-0.2, -0.15) is 4.31 Å². The first-order valence-corrected chi connectivity index (χ1v) is 7.09. The molecule has 2 heterocycles. The van der Waals surface area contributed by atoms with E-state index in [2.05, 4.69) is 4.98 Å². The molecular formula is C10H12ClN3O3S. The zero-order chi connectivity index (χ0) is 13.3. The quantitative estimate of drug-likeness (QED) is 0.729. The number of likely N-dealkylation sites (N-methyl/N-ethyl adjacent to an activating group) is 1. The Morgan fingerprint density at radius 2 is 2.06 bits per heavy atom. The number of piperazine rings is 1. The molecule has 8 heteroatoms. The molecule has 0 radical (unpaired) electrons. The number of hydrogen-bond donors (Lipinski definition) is 0. The van der Waals surface area contributed by atoms with Crippen molar-refractivity contribution < 1.29 is 13.2 Å². The van der Waals surface area contributed by atoms with Crippen molar-refractivity contribution in [3.63, 3.8) is 0 Å². The minimum atomic E-state index is -3.67. The molecule has 18 heavy (non-hydrogen) atoms. The molecule has 0 spiro atoms. The monoisotopic (exact) mass is 289 g/mol. The topological polar surface area (TPSA) is 70.6 Å². The molecule has 98 valence electrons. The van der Waals surface area contributed by atoms with E-state index in [1.54, 1.807) is 7.05 Å². The SMILES string of the molecule is CN1CCN(S(=O)(=O)c2ccc(Cl)nc2)CC1=O. The molecule has 1 aliphatic rings. The maximum Gasteiger partial charge on any atom is 0.245 e. The van der Waals surface area contributed by atoms with E-state index >= 15 is 0 Å². The van der Waals surface area contributed by atoms with Crippen LogP contribution in [-0.4, -0.2) is 55.2 Å². The van der Waals surface area contributed by atoms with E-state index in [9.17, 15) is 13.2 Å². The van der Waals surface area contributed by atoms with Crippen molar-refractivity contribution in [2.24, 2.45) is 0 Å². The van der Waals surface area contributed by atoms with E-state index in [1.807, 2.05) is 0 Å². The fourth-order valence-corrected chi connectivity index (χ4v) is 3.04. The summed E-state index contributed by atoms with van der Waals surface area (Å²) in [6.45, 7) is 0.535. The molecule has 1 aromatic heterocycles. The first-order chi connectivity index (χ1) is 8.41. The smallest absolute Gasteiger partial charge is 0.245 e. The van der Waals surface area contributed by atoms with Crippen molar-refractivity contribution >= 4 is 27.5 Å². The van der Waals surface area contributed by atoms with Gasteiger partial charge >= 0.3 is 0 Å². The molecule has 0 aromatic carbocycles. The Labute approximate surface area is 110 Å². The standard InChI is InChI=1S/C10H12ClN3O3S/c1-13-4-5-14(7-10(13)15)18(16,17)8-2-3-9(11)12-6-8/h2-3,6H,4-5,7H2,1H3. The molecule has 0 unspecified atom stereocenters. The predicted octanol–water partition coefficient (Wildman–Crippen LogP) is 0.198. The summed E-state index contributed by atoms with van der Waals surface area (Å²) < 4.78 is 25.6. The van der Waals surface area contributed by atoms with E-state index in [0.29, 0.717) is 6.54 Å². The average molecular weight is 290 g/mol. The number of amides is 1. The van der Waals surface area contributed by atoms with Crippen LogP contribution >= 0.6 is 11.6 Å². The van der Waals surface area contributed by atoms with Crippen LogP contribution in [0.1, 0.15) is 0 Å². The second kappa shape index (κ2) is 4.83. The van der Waals surface area contributed by atoms with Crippen molar-refractivity contribution in [1.29, 1.82) is 0 Å². The fraction of sp³-hybridized carbons (Fsp3) is 0.400. The van der Waals surface area contributed by atoms with Crippen LogP contribution in [0.5, 0.6) is 0 Å². The lowest BCUT2D eigenvalue weighted by atomic mass is 10.4. The minimum absolute atomic E-state index is 0.0456. The Morgan fingerprint density at radius 1 is 1.33 bits per heavy atom. The summed E-state index contributed by atoms with van der Waals surface area (Å²) in [4.78, 5) is 16.8. The number of aromatic nitrogens is 1. The predicted molar refractivity (Wildman–Crippen MR) is 65.6 cm³/mol. The molecule has 2 rings (SSSR count). The van der Waals surface area contributed by atoms with Crippen LogP contribution in [0.4, 0.5) is 0 Å². The minimum Gasteiger partial charge on any atom is -0.343 e. The molecular weight excluding hydrogens is 278 g/mol. The summed E-state index contributed by atoms with van der Waals surface area (Å²) in [5, 5.41) is 0.225. The highest BCUT2D eigenvalue weighted by Gasteiger charge is 2.31. The molecule has 0 atom stereocenters. The molecule has 0 aliphatic carbocycles. The summed E-state index contributed by atoms with van der Waals surface area (Å²) in [7, 11) is -2.02. The summed E-state index contributed by atoms with van der Waals surface area (Å²) in [6, 6.07) is 2.79. The van der Waals surface area contributed by atoms with Gasteiger partial charge in [0, 0.05) is 26.3 Å². The average Bonchev–Trinajstić information content (AvgIpc) is 2.33. The Hall–Kier alpha value is -1.18. The third-order valence-electron chi connectivity index (χ3n) is 2.76. The van der Waals surface area contributed by atoms with Crippen molar-refractivity contribution in [2.75, 3.05) is 26.7 Å². The Bertz CT molecular complexity index is 558. The van der Waals surface area contributed by atoms with Gasteiger partial charge in [-0.15, -0.1) is 0 Å². The summed E-state index contributed by atoms with van der Waals surface area (Å²) in [6.07, 6.45) is 1.19. The number of carbonyl (C=O) groups excluding carboxylic acids is 1. The van der Waals surface area contributed by atoms with Gasteiger partial charge in [0.15, 0.2) is 0 Å². The number of sulfonamides is 1. The lowest BCUT2D eigenvalue weighted by Gasteiger charge is -2.31. The maximum absolute atomic E-state index is 12.2. The van der Waals surface area contributed by atoms with Gasteiger partial charge < -0.3 is 4.90 Å². The van der Waals surface area contributed by atoms with Gasteiger partial charge in [0.2, 0.25) is 15.9 Å². The van der Waals surface area contributed by atoms with Crippen LogP contribution in [0.25, 0.3) is 0 Å². The second-order valence-corrected chi connectivity index (χ2v) is 6.30. The van der Waals surface area contributed by atoms with Gasteiger partial charge in [-0.1, -0.05) is 11.6 Å². The summed E-state index contributed by atoms with van der Waals surface area (Å²) in [5.41, 5.74) is 0. The van der Waals surface area contributed by atoms with E-state index in [-0.39, 0.29) is 29.0 Å². The van der Waals surface area contributed by atoms with Crippen molar-refractivity contribution in [2.45, 2.75) is 4.90 Å². The van der Waals surface area contributed by atoms with Gasteiger partial charge in [-0.05, 0) is 12.1 Å². The van der Waals surface area contributed by atoms with Crippen molar-refractivity contribution in [3.05, 3.63) is 23.5 Å². The molecule has 1 aromatic rings. The number of pyridine rings is 1. The number of rotatable bonds is 2. The van der Waals surface area contributed by atoms with E-state index in [0.717, 1.165) is 4.31 Å². The molecule has 0 N–H and O–H groups in total. The summed E-state index contributed by atoms with van der Waals surface area (Å²) in [5.74, 6) is -0.216. The molecule has 1 aliphatic heterocycles. The van der Waals surface area contributed by atoms with Crippen LogP contribution in [0.3, 0.4) is 0 Å². The lowest BCUT2D eigenvalue weighted by molar-refractivity contribution is -0.132. The van der Waals surface area contributed by atoms with Gasteiger partial charge in [0.25, 0.3) is 0 Å². The molecule has 6 nitrogen and oxygen atoms in total. The van der Waals surface area contributed by atoms with Crippen LogP contribution < -0.4 is 0 Å². The second-order valence-electron chi connectivity index (χ2n) is 3.97. The zero-order valence-corrected chi connectivity index (χ0v) is 11.3. The van der Waals surface area contributed by atoms with Crippen LogP contribution in [0, 0.1) is 0 Å². The Kier molecular flexibility index (Phi) is 3.56. The van der Waals surface area contributed by atoms with Crippen LogP contribution in [0.2, 0.25) is 5.15 Å². The Balaban J connectivity index is 2.26. The van der Waals surface area contributed by atoms with Gasteiger partial charge in [0.1, 0.15) is 10.0 Å².